The molecule has 1 aromatic heterocycles. The monoisotopic (exact) mass is 439 g/mol. The van der Waals surface area contributed by atoms with E-state index in [0.717, 1.165) is 0 Å². The molecule has 0 spiro atoms. The minimum absolute atomic E-state index is 0. The molecule has 1 amide bonds. The van der Waals surface area contributed by atoms with Crippen LogP contribution in [0.1, 0.15) is 32.9 Å². The van der Waals surface area contributed by atoms with E-state index in [9.17, 15) is 9.90 Å². The van der Waals surface area contributed by atoms with Gasteiger partial charge in [-0.3, -0.25) is 4.79 Å². The summed E-state index contributed by atoms with van der Waals surface area (Å²) in [7, 11) is 3.45. The van der Waals surface area contributed by atoms with Crippen LogP contribution in [-0.4, -0.2) is 35.0 Å². The largest absolute Gasteiger partial charge is 1.00 e. The van der Waals surface area contributed by atoms with Gasteiger partial charge in [0.25, 0.3) is 0 Å². The van der Waals surface area contributed by atoms with Crippen molar-refractivity contribution in [3.8, 4) is 0 Å². The van der Waals surface area contributed by atoms with Crippen molar-refractivity contribution in [2.45, 2.75) is 32.8 Å². The molecule has 6 heteroatoms. The molecule has 2 aromatic carbocycles. The summed E-state index contributed by atoms with van der Waals surface area (Å²) in [6.07, 6.45) is 3.69. The fourth-order valence-electron chi connectivity index (χ4n) is 1.82. The molecule has 0 saturated heterocycles. The number of nitrogens with zero attached hydrogens (tertiary/aromatic N) is 3. The number of imidazole rings is 1. The maximum atomic E-state index is 10.1. The van der Waals surface area contributed by atoms with Gasteiger partial charge < -0.3 is 20.0 Å². The number of carbonyl (C=O) groups excluding carboxylic acids is 1. The number of aromatic nitrogens is 2. The first-order valence-corrected chi connectivity index (χ1v) is 8.55. The molecule has 1 unspecified atom stereocenters. The Labute approximate surface area is 211 Å². The van der Waals surface area contributed by atoms with Crippen LogP contribution in [0.2, 0.25) is 0 Å². The molecular weight excluding hydrogens is 412 g/mol. The van der Waals surface area contributed by atoms with Gasteiger partial charge in [-0.1, -0.05) is 68.0 Å². The molecule has 1 heterocycles. The number of carbonyl (C=O) groups is 1. The SMILES string of the molecule is CC(=O)N(C)C.CCC(C)(O)c1c[n-]cn1.[Rb+].c1ccc2ccccc2c1. The first-order chi connectivity index (χ1) is 12.3. The summed E-state index contributed by atoms with van der Waals surface area (Å²) in [5.41, 5.74) is -0.161. The van der Waals surface area contributed by atoms with Gasteiger partial charge in [0, 0.05) is 21.0 Å². The zero-order valence-corrected chi connectivity index (χ0v) is 22.1. The van der Waals surface area contributed by atoms with Crippen LogP contribution in [-0.2, 0) is 10.4 Å². The third-order valence-electron chi connectivity index (χ3n) is 3.99. The average molecular weight is 440 g/mol. The second-order valence-electron chi connectivity index (χ2n) is 6.30. The Hall–Kier alpha value is -0.855. The Morgan fingerprint density at radius 3 is 1.78 bits per heavy atom. The molecule has 0 saturated carbocycles. The number of benzene rings is 2. The van der Waals surface area contributed by atoms with Gasteiger partial charge in [-0.05, 0) is 29.8 Å². The van der Waals surface area contributed by atoms with Crippen molar-refractivity contribution in [1.82, 2.24) is 14.9 Å². The second kappa shape index (κ2) is 13.3. The van der Waals surface area contributed by atoms with E-state index in [1.54, 1.807) is 27.2 Å². The average Bonchev–Trinajstić information content (AvgIpc) is 3.18. The van der Waals surface area contributed by atoms with E-state index in [1.807, 2.05) is 6.92 Å². The fourth-order valence-corrected chi connectivity index (χ4v) is 1.82. The van der Waals surface area contributed by atoms with E-state index in [1.165, 1.54) is 28.9 Å². The van der Waals surface area contributed by atoms with Crippen LogP contribution in [0.3, 0.4) is 0 Å². The van der Waals surface area contributed by atoms with E-state index < -0.39 is 5.60 Å². The van der Waals surface area contributed by atoms with E-state index in [-0.39, 0.29) is 64.1 Å². The predicted octanol–water partition coefficient (Wildman–Crippen LogP) is 0.595. The Bertz CT molecular complexity index is 721. The third-order valence-corrected chi connectivity index (χ3v) is 3.99. The molecule has 1 atom stereocenters. The maximum absolute atomic E-state index is 10.1. The molecule has 0 aliphatic rings. The van der Waals surface area contributed by atoms with Gasteiger partial charge in [-0.25, -0.2) is 0 Å². The normalized spacial score (nSPS) is 11.6. The maximum Gasteiger partial charge on any atom is 1.00 e. The minimum atomic E-state index is -0.809. The number of fused-ring (bicyclic) bond motifs is 1. The molecular formula is C21H28N3O2Rb. The molecule has 0 bridgehead atoms. The van der Waals surface area contributed by atoms with Crippen molar-refractivity contribution < 1.29 is 68.1 Å². The van der Waals surface area contributed by atoms with Crippen LogP contribution in [0, 0.1) is 0 Å². The quantitative estimate of drug-likeness (QED) is 0.635. The van der Waals surface area contributed by atoms with Crippen molar-refractivity contribution in [2.24, 2.45) is 0 Å². The summed E-state index contributed by atoms with van der Waals surface area (Å²) in [5, 5.41) is 12.2. The summed E-state index contributed by atoms with van der Waals surface area (Å²) in [4.78, 5) is 19.3. The number of hydrogen-bond acceptors (Lipinski definition) is 3. The van der Waals surface area contributed by atoms with Gasteiger partial charge in [0.15, 0.2) is 0 Å². The van der Waals surface area contributed by atoms with Crippen LogP contribution >= 0.6 is 0 Å². The Morgan fingerprint density at radius 1 is 1.11 bits per heavy atom. The Balaban J connectivity index is 0.000000383. The van der Waals surface area contributed by atoms with Gasteiger partial charge >= 0.3 is 58.2 Å². The third kappa shape index (κ3) is 9.76. The van der Waals surface area contributed by atoms with Crippen LogP contribution in [0.15, 0.2) is 61.1 Å². The van der Waals surface area contributed by atoms with Crippen LogP contribution in [0.25, 0.3) is 10.8 Å². The number of hydrogen-bond donors (Lipinski definition) is 1. The van der Waals surface area contributed by atoms with Crippen molar-refractivity contribution in [3.63, 3.8) is 0 Å². The summed E-state index contributed by atoms with van der Waals surface area (Å²) in [6.45, 7) is 5.17. The molecule has 0 fully saturated rings. The van der Waals surface area contributed by atoms with Gasteiger partial charge in [0.1, 0.15) is 0 Å². The summed E-state index contributed by atoms with van der Waals surface area (Å²) in [5.74, 6) is 0.0926. The zero-order chi connectivity index (χ0) is 19.6. The van der Waals surface area contributed by atoms with Gasteiger partial charge in [-0.2, -0.15) is 0 Å². The molecule has 5 nitrogen and oxygen atoms in total. The summed E-state index contributed by atoms with van der Waals surface area (Å²) < 4.78 is 0. The fraction of sp³-hybridized carbons (Fsp3) is 0.333. The second-order valence-corrected chi connectivity index (χ2v) is 6.30. The van der Waals surface area contributed by atoms with Crippen molar-refractivity contribution >= 4 is 16.7 Å². The molecule has 0 aliphatic heterocycles. The zero-order valence-electron chi connectivity index (χ0n) is 17.2. The van der Waals surface area contributed by atoms with Gasteiger partial charge in [-0.15, -0.1) is 0 Å². The number of rotatable bonds is 2. The molecule has 1 N–H and O–H groups in total. The van der Waals surface area contributed by atoms with E-state index in [2.05, 4.69) is 58.5 Å². The predicted molar refractivity (Wildman–Crippen MR) is 106 cm³/mol. The molecule has 140 valence electrons. The van der Waals surface area contributed by atoms with Crippen molar-refractivity contribution in [1.29, 1.82) is 0 Å². The first kappa shape index (κ1) is 26.1. The van der Waals surface area contributed by atoms with Gasteiger partial charge in [0.05, 0.1) is 5.60 Å². The van der Waals surface area contributed by atoms with Crippen molar-refractivity contribution in [3.05, 3.63) is 66.7 Å². The molecule has 0 aliphatic carbocycles. The van der Waals surface area contributed by atoms with Gasteiger partial charge in [0.2, 0.25) is 5.91 Å². The summed E-state index contributed by atoms with van der Waals surface area (Å²) >= 11 is 0. The standard InChI is InChI=1S/C10H8.C7H11N2O.C4H9NO.Rb/c1-2-6-10-8-4-3-7-9(10)5-1;1-3-7(2,10)6-4-8-5-9-6;1-4(6)5(2)3;/h1-8H;4-5,10H,3H2,1-2H3;1-3H3;/q;-1;;+1. The number of aliphatic hydroxyl groups is 1. The van der Waals surface area contributed by atoms with Crippen molar-refractivity contribution in [2.75, 3.05) is 14.1 Å². The molecule has 27 heavy (non-hydrogen) atoms. The van der Waals surface area contributed by atoms with Crippen LogP contribution in [0.4, 0.5) is 0 Å². The molecule has 0 radical (unpaired) electrons. The topological polar surface area (TPSA) is 67.5 Å². The van der Waals surface area contributed by atoms with E-state index >= 15 is 0 Å². The van der Waals surface area contributed by atoms with E-state index in [4.69, 9.17) is 0 Å². The Kier molecular flexibility index (Phi) is 12.9. The molecule has 3 rings (SSSR count). The Morgan fingerprint density at radius 2 is 1.52 bits per heavy atom. The number of amides is 1. The molecule has 3 aromatic rings. The van der Waals surface area contributed by atoms with E-state index in [0.29, 0.717) is 12.1 Å². The minimum Gasteiger partial charge on any atom is -0.449 e. The van der Waals surface area contributed by atoms with Crippen LogP contribution < -0.4 is 63.2 Å². The summed E-state index contributed by atoms with van der Waals surface area (Å²) in [6, 6.07) is 16.7. The first-order valence-electron chi connectivity index (χ1n) is 8.55. The van der Waals surface area contributed by atoms with Crippen LogP contribution in [0.5, 0.6) is 0 Å². The smallest absolute Gasteiger partial charge is 0.449 e.